The van der Waals surface area contributed by atoms with Gasteiger partial charge in [-0.25, -0.2) is 0 Å². The number of amides is 1. The van der Waals surface area contributed by atoms with Crippen LogP contribution in [0.3, 0.4) is 0 Å². The lowest BCUT2D eigenvalue weighted by atomic mass is 9.88. The largest absolute Gasteiger partial charge is 0.459 e. The molecule has 4 rings (SSSR count). The van der Waals surface area contributed by atoms with Crippen LogP contribution >= 0.6 is 0 Å². The van der Waals surface area contributed by atoms with Crippen LogP contribution < -0.4 is 0 Å². The Balaban J connectivity index is 1.28. The Bertz CT molecular complexity index is 693. The summed E-state index contributed by atoms with van der Waals surface area (Å²) in [5.41, 5.74) is 0.775. The highest BCUT2D eigenvalue weighted by molar-refractivity contribution is 5.91. The molecule has 0 saturated carbocycles. The van der Waals surface area contributed by atoms with Gasteiger partial charge in [-0.05, 0) is 37.1 Å². The van der Waals surface area contributed by atoms with Gasteiger partial charge in [0.25, 0.3) is 5.91 Å². The lowest BCUT2D eigenvalue weighted by Gasteiger charge is -2.38. The Morgan fingerprint density at radius 1 is 1.28 bits per heavy atom. The summed E-state index contributed by atoms with van der Waals surface area (Å²) >= 11 is 0. The summed E-state index contributed by atoms with van der Waals surface area (Å²) in [6.07, 6.45) is 5.95. The monoisotopic (exact) mass is 342 g/mol. The number of aromatic nitrogens is 1. The second kappa shape index (κ2) is 6.98. The van der Waals surface area contributed by atoms with Crippen LogP contribution in [0.15, 0.2) is 47.2 Å². The highest BCUT2D eigenvalue weighted by Crippen LogP contribution is 2.37. The number of likely N-dealkylation sites (tertiary alicyclic amines) is 1. The summed E-state index contributed by atoms with van der Waals surface area (Å²) in [5, 5.41) is 0. The molecule has 2 aromatic heterocycles. The van der Waals surface area contributed by atoms with E-state index in [0.29, 0.717) is 32.1 Å². The third-order valence-electron chi connectivity index (χ3n) is 5.06. The van der Waals surface area contributed by atoms with Gasteiger partial charge in [-0.1, -0.05) is 6.07 Å². The number of furan rings is 1. The SMILES string of the molecule is O=C(c1ccco1)N1CCC2(CC1)CC(OCc1ccccn1)CO2. The quantitative estimate of drug-likeness (QED) is 0.855. The number of rotatable bonds is 4. The van der Waals surface area contributed by atoms with Crippen molar-refractivity contribution in [2.45, 2.75) is 37.6 Å². The molecule has 25 heavy (non-hydrogen) atoms. The van der Waals surface area contributed by atoms with Crippen LogP contribution in [-0.2, 0) is 16.1 Å². The fourth-order valence-corrected chi connectivity index (χ4v) is 3.62. The Kier molecular flexibility index (Phi) is 4.55. The van der Waals surface area contributed by atoms with E-state index < -0.39 is 0 Å². The summed E-state index contributed by atoms with van der Waals surface area (Å²) < 4.78 is 17.3. The first-order valence-corrected chi connectivity index (χ1v) is 8.72. The molecule has 6 nitrogen and oxygen atoms in total. The lowest BCUT2D eigenvalue weighted by molar-refractivity contribution is -0.0416. The van der Waals surface area contributed by atoms with Crippen molar-refractivity contribution in [1.29, 1.82) is 0 Å². The van der Waals surface area contributed by atoms with Crippen molar-refractivity contribution in [3.8, 4) is 0 Å². The number of hydrogen-bond acceptors (Lipinski definition) is 5. The molecule has 2 aliphatic rings. The summed E-state index contributed by atoms with van der Waals surface area (Å²) in [5.74, 6) is 0.362. The minimum atomic E-state index is -0.158. The predicted octanol–water partition coefficient (Wildman–Crippen LogP) is 2.66. The molecule has 4 heterocycles. The van der Waals surface area contributed by atoms with Crippen LogP contribution in [0, 0.1) is 0 Å². The van der Waals surface area contributed by atoms with Gasteiger partial charge >= 0.3 is 0 Å². The highest BCUT2D eigenvalue weighted by Gasteiger charge is 2.44. The van der Waals surface area contributed by atoms with E-state index in [9.17, 15) is 4.79 Å². The molecule has 1 atom stereocenters. The zero-order valence-corrected chi connectivity index (χ0v) is 14.1. The van der Waals surface area contributed by atoms with Gasteiger partial charge in [0.2, 0.25) is 0 Å². The van der Waals surface area contributed by atoms with Gasteiger partial charge in [0.1, 0.15) is 0 Å². The lowest BCUT2D eigenvalue weighted by Crippen LogP contribution is -2.46. The maximum absolute atomic E-state index is 12.3. The normalized spacial score (nSPS) is 22.4. The Morgan fingerprint density at radius 2 is 2.16 bits per heavy atom. The number of ether oxygens (including phenoxy) is 2. The molecule has 1 amide bonds. The molecule has 2 aliphatic heterocycles. The molecule has 0 aliphatic carbocycles. The molecule has 0 bridgehead atoms. The number of hydrogen-bond donors (Lipinski definition) is 0. The third kappa shape index (κ3) is 3.60. The van der Waals surface area contributed by atoms with E-state index in [2.05, 4.69) is 4.98 Å². The Morgan fingerprint density at radius 3 is 2.88 bits per heavy atom. The topological polar surface area (TPSA) is 64.8 Å². The number of carbonyl (C=O) groups is 1. The van der Waals surface area contributed by atoms with Gasteiger partial charge in [-0.3, -0.25) is 9.78 Å². The van der Waals surface area contributed by atoms with Gasteiger partial charge in [-0.15, -0.1) is 0 Å². The zero-order valence-electron chi connectivity index (χ0n) is 14.1. The maximum atomic E-state index is 12.3. The van der Waals surface area contributed by atoms with Crippen LogP contribution in [0.5, 0.6) is 0 Å². The smallest absolute Gasteiger partial charge is 0.289 e. The number of piperidine rings is 1. The van der Waals surface area contributed by atoms with Gasteiger partial charge in [0, 0.05) is 25.7 Å². The first-order chi connectivity index (χ1) is 12.2. The number of pyridine rings is 1. The first-order valence-electron chi connectivity index (χ1n) is 8.72. The van der Waals surface area contributed by atoms with Gasteiger partial charge in [-0.2, -0.15) is 0 Å². The molecule has 2 fully saturated rings. The van der Waals surface area contributed by atoms with Crippen molar-refractivity contribution in [3.63, 3.8) is 0 Å². The average Bonchev–Trinajstić information content (AvgIpc) is 3.32. The second-order valence-corrected chi connectivity index (χ2v) is 6.72. The summed E-state index contributed by atoms with van der Waals surface area (Å²) in [6.45, 7) is 2.49. The van der Waals surface area contributed by atoms with E-state index in [1.807, 2.05) is 23.1 Å². The van der Waals surface area contributed by atoms with Crippen LogP contribution in [0.25, 0.3) is 0 Å². The molecule has 0 N–H and O–H groups in total. The maximum Gasteiger partial charge on any atom is 0.289 e. The van der Waals surface area contributed by atoms with Crippen molar-refractivity contribution in [3.05, 3.63) is 54.2 Å². The molecule has 132 valence electrons. The van der Waals surface area contributed by atoms with Crippen LogP contribution in [0.1, 0.15) is 35.5 Å². The molecule has 0 aromatic carbocycles. The van der Waals surface area contributed by atoms with E-state index in [1.54, 1.807) is 18.3 Å². The standard InChI is InChI=1S/C19H22N2O4/c22-18(17-5-3-11-23-17)21-9-6-19(7-10-21)12-16(14-25-19)24-13-15-4-1-2-8-20-15/h1-5,8,11,16H,6-7,9-10,12-14H2. The van der Waals surface area contributed by atoms with Crippen LogP contribution in [-0.4, -0.2) is 47.2 Å². The van der Waals surface area contributed by atoms with Crippen molar-refractivity contribution >= 4 is 5.91 Å². The van der Waals surface area contributed by atoms with E-state index in [0.717, 1.165) is 25.0 Å². The van der Waals surface area contributed by atoms with E-state index in [1.165, 1.54) is 6.26 Å². The average molecular weight is 342 g/mol. The van der Waals surface area contributed by atoms with Crippen LogP contribution in [0.4, 0.5) is 0 Å². The number of carbonyl (C=O) groups excluding carboxylic acids is 1. The van der Waals surface area contributed by atoms with E-state index in [4.69, 9.17) is 13.9 Å². The predicted molar refractivity (Wildman–Crippen MR) is 90.0 cm³/mol. The molecular formula is C19H22N2O4. The van der Waals surface area contributed by atoms with E-state index in [-0.39, 0.29) is 17.6 Å². The second-order valence-electron chi connectivity index (χ2n) is 6.72. The van der Waals surface area contributed by atoms with Crippen LogP contribution in [0.2, 0.25) is 0 Å². The van der Waals surface area contributed by atoms with E-state index >= 15 is 0 Å². The Labute approximate surface area is 146 Å². The fraction of sp³-hybridized carbons (Fsp3) is 0.474. The molecule has 1 unspecified atom stereocenters. The highest BCUT2D eigenvalue weighted by atomic mass is 16.6. The van der Waals surface area contributed by atoms with Crippen molar-refractivity contribution in [2.75, 3.05) is 19.7 Å². The summed E-state index contributed by atoms with van der Waals surface area (Å²) in [6, 6.07) is 9.27. The molecule has 1 spiro atoms. The van der Waals surface area contributed by atoms with Gasteiger partial charge in [0.15, 0.2) is 5.76 Å². The summed E-state index contributed by atoms with van der Waals surface area (Å²) in [4.78, 5) is 18.5. The molecule has 6 heteroatoms. The zero-order chi connectivity index (χ0) is 17.1. The molecule has 2 aromatic rings. The fourth-order valence-electron chi connectivity index (χ4n) is 3.62. The van der Waals surface area contributed by atoms with Gasteiger partial charge in [0.05, 0.1) is 36.9 Å². The molecule has 0 radical (unpaired) electrons. The van der Waals surface area contributed by atoms with Crippen molar-refractivity contribution in [2.24, 2.45) is 0 Å². The molecule has 2 saturated heterocycles. The summed E-state index contributed by atoms with van der Waals surface area (Å²) in [7, 11) is 0. The third-order valence-corrected chi connectivity index (χ3v) is 5.06. The number of nitrogens with zero attached hydrogens (tertiary/aromatic N) is 2. The van der Waals surface area contributed by atoms with Crippen molar-refractivity contribution in [1.82, 2.24) is 9.88 Å². The van der Waals surface area contributed by atoms with Crippen molar-refractivity contribution < 1.29 is 18.7 Å². The minimum Gasteiger partial charge on any atom is -0.459 e. The molecular weight excluding hydrogens is 320 g/mol. The first kappa shape index (κ1) is 16.3. The minimum absolute atomic E-state index is 0.0409. The van der Waals surface area contributed by atoms with Gasteiger partial charge < -0.3 is 18.8 Å². The Hall–Kier alpha value is -2.18.